The summed E-state index contributed by atoms with van der Waals surface area (Å²) < 4.78 is 4.56. The molecule has 0 bridgehead atoms. The van der Waals surface area contributed by atoms with Crippen LogP contribution in [0.5, 0.6) is 0 Å². The maximum absolute atomic E-state index is 5.09. The molecular formula is C58H41N3. The van der Waals surface area contributed by atoms with Crippen LogP contribution in [0.15, 0.2) is 212 Å². The molecule has 0 amide bonds. The number of para-hydroxylation sites is 2. The maximum Gasteiger partial charge on any atom is 0.137 e. The summed E-state index contributed by atoms with van der Waals surface area (Å²) in [4.78, 5) is 5.09. The Labute approximate surface area is 355 Å². The van der Waals surface area contributed by atoms with Crippen molar-refractivity contribution in [1.82, 2.24) is 14.0 Å². The van der Waals surface area contributed by atoms with Crippen LogP contribution in [0.4, 0.5) is 0 Å². The van der Waals surface area contributed by atoms with Gasteiger partial charge in [-0.05, 0) is 110 Å². The Morgan fingerprint density at radius 2 is 0.902 bits per heavy atom. The highest BCUT2D eigenvalue weighted by molar-refractivity contribution is 6.10. The molecule has 0 spiro atoms. The molecule has 12 rings (SSSR count). The third-order valence-electron chi connectivity index (χ3n) is 13.0. The zero-order chi connectivity index (χ0) is 40.7. The summed E-state index contributed by atoms with van der Waals surface area (Å²) in [7, 11) is 0. The number of hydrogen-bond acceptors (Lipinski definition) is 1. The molecule has 8 aromatic carbocycles. The van der Waals surface area contributed by atoms with Gasteiger partial charge in [0.25, 0.3) is 0 Å². The minimum Gasteiger partial charge on any atom is -0.309 e. The fraction of sp³-hybridized carbons (Fsp3) is 0.0517. The minimum atomic E-state index is -0.147. The van der Waals surface area contributed by atoms with Gasteiger partial charge in [-0.2, -0.15) is 0 Å². The average molecular weight is 780 g/mol. The summed E-state index contributed by atoms with van der Waals surface area (Å²) in [6, 6.07) is 75.1. The van der Waals surface area contributed by atoms with E-state index in [4.69, 9.17) is 4.98 Å². The fourth-order valence-corrected chi connectivity index (χ4v) is 9.85. The Hall–Kier alpha value is -7.75. The van der Waals surface area contributed by atoms with Crippen molar-refractivity contribution in [3.05, 3.63) is 224 Å². The van der Waals surface area contributed by atoms with Gasteiger partial charge < -0.3 is 4.57 Å². The fourth-order valence-electron chi connectivity index (χ4n) is 9.85. The lowest BCUT2D eigenvalue weighted by atomic mass is 9.80. The van der Waals surface area contributed by atoms with Crippen LogP contribution in [-0.4, -0.2) is 14.0 Å². The Morgan fingerprint density at radius 1 is 0.393 bits per heavy atom. The van der Waals surface area contributed by atoms with Crippen LogP contribution in [-0.2, 0) is 5.41 Å². The minimum absolute atomic E-state index is 0.147. The lowest BCUT2D eigenvalue weighted by Crippen LogP contribution is -2.15. The van der Waals surface area contributed by atoms with Gasteiger partial charge in [-0.25, -0.2) is 4.98 Å². The van der Waals surface area contributed by atoms with Gasteiger partial charge in [0.15, 0.2) is 0 Å². The highest BCUT2D eigenvalue weighted by atomic mass is 15.0. The second-order valence-electron chi connectivity index (χ2n) is 16.8. The molecule has 0 saturated carbocycles. The molecule has 1 aliphatic carbocycles. The second kappa shape index (κ2) is 13.7. The highest BCUT2D eigenvalue weighted by Crippen LogP contribution is 2.51. The van der Waals surface area contributed by atoms with Crippen molar-refractivity contribution in [2.75, 3.05) is 0 Å². The molecule has 3 aromatic heterocycles. The molecule has 0 unspecified atom stereocenters. The van der Waals surface area contributed by atoms with Crippen LogP contribution >= 0.6 is 0 Å². The van der Waals surface area contributed by atoms with Crippen LogP contribution in [0.2, 0.25) is 0 Å². The lowest BCUT2D eigenvalue weighted by Gasteiger charge is -2.22. The summed E-state index contributed by atoms with van der Waals surface area (Å²) in [5, 5.41) is 2.53. The van der Waals surface area contributed by atoms with Gasteiger partial charge in [0.1, 0.15) is 5.65 Å². The first kappa shape index (κ1) is 35.2. The van der Waals surface area contributed by atoms with Crippen molar-refractivity contribution in [1.29, 1.82) is 0 Å². The molecule has 288 valence electrons. The van der Waals surface area contributed by atoms with Gasteiger partial charge in [0.05, 0.1) is 22.4 Å². The van der Waals surface area contributed by atoms with E-state index in [1.54, 1.807) is 0 Å². The SMILES string of the molecule is CC1(C)c2cc(-c3ccc(-c4ccc5c(c4)c4ccccc4n5-c4ccccc4)cc3)ccc2-c2ccc(-c3ccc(-c4nc5ccccn5c4-c4ccccc4)cc3)cc21. The van der Waals surface area contributed by atoms with E-state index in [1.807, 2.05) is 6.07 Å². The summed E-state index contributed by atoms with van der Waals surface area (Å²) in [5.41, 5.74) is 21.5. The van der Waals surface area contributed by atoms with Crippen molar-refractivity contribution in [3.8, 4) is 72.7 Å². The van der Waals surface area contributed by atoms with Gasteiger partial charge >= 0.3 is 0 Å². The van der Waals surface area contributed by atoms with Crippen molar-refractivity contribution >= 4 is 27.5 Å². The standard InChI is InChI=1S/C58H41N3/c1-58(2)51-36-44(39-22-20-38(21-23-39)43-30-33-54-50(35-43)49-17-9-10-18-53(49)61(54)46-15-7-4-8-16-46)28-31-47(51)48-32-29-45(37-52(48)58)40-24-26-41(27-25-40)56-57(42-13-5-3-6-14-42)60-34-12-11-19-55(60)59-56/h3-37H,1-2H3. The van der Waals surface area contributed by atoms with Gasteiger partial charge in [-0.1, -0.05) is 166 Å². The van der Waals surface area contributed by atoms with Gasteiger partial charge in [-0.15, -0.1) is 0 Å². The number of rotatable bonds is 6. The van der Waals surface area contributed by atoms with Crippen LogP contribution in [0, 0.1) is 0 Å². The zero-order valence-electron chi connectivity index (χ0n) is 34.0. The third-order valence-corrected chi connectivity index (χ3v) is 13.0. The zero-order valence-corrected chi connectivity index (χ0v) is 34.0. The molecule has 0 atom stereocenters. The third kappa shape index (κ3) is 5.62. The molecule has 1 aliphatic rings. The Kier molecular flexibility index (Phi) is 7.88. The van der Waals surface area contributed by atoms with E-state index in [1.165, 1.54) is 83.1 Å². The summed E-state index contributed by atoms with van der Waals surface area (Å²) in [5.74, 6) is 0. The number of hydrogen-bond donors (Lipinski definition) is 0. The highest BCUT2D eigenvalue weighted by Gasteiger charge is 2.36. The first-order valence-corrected chi connectivity index (χ1v) is 21.1. The molecule has 0 fully saturated rings. The van der Waals surface area contributed by atoms with Crippen LogP contribution in [0.1, 0.15) is 25.0 Å². The normalized spacial score (nSPS) is 12.9. The number of imidazole rings is 1. The number of nitrogens with zero attached hydrogens (tertiary/aromatic N) is 3. The first-order valence-electron chi connectivity index (χ1n) is 21.1. The van der Waals surface area contributed by atoms with Gasteiger partial charge in [0, 0.05) is 39.2 Å². The first-order chi connectivity index (χ1) is 30.0. The van der Waals surface area contributed by atoms with Crippen LogP contribution in [0.3, 0.4) is 0 Å². The predicted molar refractivity (Wildman–Crippen MR) is 254 cm³/mol. The Balaban J connectivity index is 0.835. The van der Waals surface area contributed by atoms with E-state index in [0.717, 1.165) is 28.2 Å². The quantitative estimate of drug-likeness (QED) is 0.165. The largest absolute Gasteiger partial charge is 0.309 e. The molecule has 3 heteroatoms. The summed E-state index contributed by atoms with van der Waals surface area (Å²) in [6.07, 6.45) is 2.10. The van der Waals surface area contributed by atoms with Gasteiger partial charge in [0.2, 0.25) is 0 Å². The Bertz CT molecular complexity index is 3460. The lowest BCUT2D eigenvalue weighted by molar-refractivity contribution is 0.661. The van der Waals surface area contributed by atoms with E-state index in [9.17, 15) is 0 Å². The molecule has 0 N–H and O–H groups in total. The van der Waals surface area contributed by atoms with Crippen LogP contribution in [0.25, 0.3) is 100 Å². The molecular weight excluding hydrogens is 739 g/mol. The second-order valence-corrected chi connectivity index (χ2v) is 16.8. The molecule has 11 aromatic rings. The average Bonchev–Trinajstić information content (AvgIpc) is 3.95. The molecule has 3 heterocycles. The summed E-state index contributed by atoms with van der Waals surface area (Å²) in [6.45, 7) is 4.74. The van der Waals surface area contributed by atoms with Crippen molar-refractivity contribution in [3.63, 3.8) is 0 Å². The van der Waals surface area contributed by atoms with Crippen molar-refractivity contribution in [2.24, 2.45) is 0 Å². The smallest absolute Gasteiger partial charge is 0.137 e. The van der Waals surface area contributed by atoms with E-state index in [0.29, 0.717) is 0 Å². The maximum atomic E-state index is 5.09. The summed E-state index contributed by atoms with van der Waals surface area (Å²) >= 11 is 0. The van der Waals surface area contributed by atoms with Gasteiger partial charge in [-0.3, -0.25) is 4.40 Å². The number of aromatic nitrogens is 3. The van der Waals surface area contributed by atoms with E-state index in [2.05, 4.69) is 229 Å². The van der Waals surface area contributed by atoms with Crippen molar-refractivity contribution < 1.29 is 0 Å². The topological polar surface area (TPSA) is 22.2 Å². The molecule has 0 aliphatic heterocycles. The molecule has 0 saturated heterocycles. The molecule has 3 nitrogen and oxygen atoms in total. The number of pyridine rings is 1. The molecule has 0 radical (unpaired) electrons. The number of benzene rings is 8. The van der Waals surface area contributed by atoms with E-state index >= 15 is 0 Å². The molecule has 61 heavy (non-hydrogen) atoms. The van der Waals surface area contributed by atoms with Crippen LogP contribution < -0.4 is 0 Å². The van der Waals surface area contributed by atoms with E-state index < -0.39 is 0 Å². The predicted octanol–water partition coefficient (Wildman–Crippen LogP) is 15.1. The Morgan fingerprint density at radius 3 is 1.56 bits per heavy atom. The van der Waals surface area contributed by atoms with Crippen molar-refractivity contribution in [2.45, 2.75) is 19.3 Å². The monoisotopic (exact) mass is 779 g/mol. The number of fused-ring (bicyclic) bond motifs is 7. The van der Waals surface area contributed by atoms with E-state index in [-0.39, 0.29) is 5.41 Å².